The molecule has 2 aliphatic heterocycles. The van der Waals surface area contributed by atoms with Crippen LogP contribution in [0.15, 0.2) is 0 Å². The minimum Gasteiger partial charge on any atom is -0.380 e. The number of carbonyl (C=O) groups is 1. The highest BCUT2D eigenvalue weighted by Gasteiger charge is 2.41. The topological polar surface area (TPSA) is 50.4 Å². The lowest BCUT2D eigenvalue weighted by Gasteiger charge is -2.39. The van der Waals surface area contributed by atoms with Gasteiger partial charge in [0.15, 0.2) is 0 Å². The summed E-state index contributed by atoms with van der Waals surface area (Å²) in [7, 11) is 0. The lowest BCUT2D eigenvalue weighted by atomic mass is 9.87. The van der Waals surface area contributed by atoms with Gasteiger partial charge in [-0.1, -0.05) is 13.8 Å². The molecule has 2 heterocycles. The second kappa shape index (κ2) is 4.34. The summed E-state index contributed by atoms with van der Waals surface area (Å²) in [5.41, 5.74) is -0.149. The lowest BCUT2D eigenvalue weighted by Crippen LogP contribution is -2.57. The molecule has 0 saturated carbocycles. The van der Waals surface area contributed by atoms with Crippen molar-refractivity contribution in [3.05, 3.63) is 0 Å². The van der Waals surface area contributed by atoms with Gasteiger partial charge in [0.2, 0.25) is 5.91 Å². The highest BCUT2D eigenvalue weighted by molar-refractivity contribution is 5.86. The van der Waals surface area contributed by atoms with Crippen molar-refractivity contribution in [2.75, 3.05) is 26.3 Å². The lowest BCUT2D eigenvalue weighted by molar-refractivity contribution is -0.132. The smallest absolute Gasteiger partial charge is 0.240 e. The van der Waals surface area contributed by atoms with Crippen LogP contribution in [0.1, 0.15) is 33.1 Å². The minimum absolute atomic E-state index is 0.156. The monoisotopic (exact) mass is 226 g/mol. The zero-order valence-corrected chi connectivity index (χ0v) is 10.3. The Bertz CT molecular complexity index is 268. The van der Waals surface area contributed by atoms with Gasteiger partial charge < -0.3 is 15.4 Å². The number of nitrogens with one attached hydrogen (secondary N) is 2. The Morgan fingerprint density at radius 2 is 2.25 bits per heavy atom. The molecule has 16 heavy (non-hydrogen) atoms. The first-order valence-corrected chi connectivity index (χ1v) is 6.21. The molecule has 0 aromatic carbocycles. The van der Waals surface area contributed by atoms with Gasteiger partial charge in [-0.15, -0.1) is 0 Å². The molecular weight excluding hydrogens is 204 g/mol. The van der Waals surface area contributed by atoms with Crippen molar-refractivity contribution < 1.29 is 9.53 Å². The van der Waals surface area contributed by atoms with Crippen molar-refractivity contribution in [2.45, 2.75) is 38.6 Å². The van der Waals surface area contributed by atoms with Crippen molar-refractivity contribution in [1.82, 2.24) is 10.6 Å². The zero-order chi connectivity index (χ0) is 11.6. The second-order valence-electron chi connectivity index (χ2n) is 5.45. The van der Waals surface area contributed by atoms with Crippen molar-refractivity contribution in [2.24, 2.45) is 5.41 Å². The summed E-state index contributed by atoms with van der Waals surface area (Å²) in [4.78, 5) is 12.2. The minimum atomic E-state index is -0.305. The number of amides is 1. The first-order chi connectivity index (χ1) is 7.60. The standard InChI is InChI=1S/C12H22N2O2/c1-3-12(5-4-6-14-12)10(15)13-7-11(2)8-16-9-11/h14H,3-9H2,1-2H3,(H,13,15). The van der Waals surface area contributed by atoms with E-state index < -0.39 is 0 Å². The summed E-state index contributed by atoms with van der Waals surface area (Å²) in [6.45, 7) is 7.44. The van der Waals surface area contributed by atoms with E-state index in [2.05, 4.69) is 24.5 Å². The molecule has 0 aromatic heterocycles. The number of carbonyl (C=O) groups excluding carboxylic acids is 1. The third-order valence-corrected chi connectivity index (χ3v) is 3.86. The third kappa shape index (κ3) is 2.09. The van der Waals surface area contributed by atoms with Gasteiger partial charge in [-0.05, 0) is 25.8 Å². The van der Waals surface area contributed by atoms with Gasteiger partial charge in [-0.3, -0.25) is 4.79 Å². The van der Waals surface area contributed by atoms with Crippen LogP contribution in [0.2, 0.25) is 0 Å². The Morgan fingerprint density at radius 3 is 2.69 bits per heavy atom. The van der Waals surface area contributed by atoms with E-state index in [0.717, 1.165) is 45.6 Å². The van der Waals surface area contributed by atoms with E-state index in [1.165, 1.54) is 0 Å². The van der Waals surface area contributed by atoms with Crippen molar-refractivity contribution in [3.8, 4) is 0 Å². The van der Waals surface area contributed by atoms with E-state index in [4.69, 9.17) is 4.74 Å². The molecule has 1 amide bonds. The maximum absolute atomic E-state index is 12.2. The molecule has 2 fully saturated rings. The van der Waals surface area contributed by atoms with Crippen molar-refractivity contribution in [1.29, 1.82) is 0 Å². The van der Waals surface area contributed by atoms with E-state index in [0.29, 0.717) is 0 Å². The predicted molar refractivity (Wildman–Crippen MR) is 62.2 cm³/mol. The van der Waals surface area contributed by atoms with E-state index in [1.807, 2.05) is 0 Å². The van der Waals surface area contributed by atoms with Crippen LogP contribution in [0.25, 0.3) is 0 Å². The molecule has 4 nitrogen and oxygen atoms in total. The van der Waals surface area contributed by atoms with Crippen LogP contribution < -0.4 is 10.6 Å². The zero-order valence-electron chi connectivity index (χ0n) is 10.3. The van der Waals surface area contributed by atoms with Gasteiger partial charge in [-0.2, -0.15) is 0 Å². The van der Waals surface area contributed by atoms with Crippen LogP contribution in [-0.2, 0) is 9.53 Å². The van der Waals surface area contributed by atoms with Gasteiger partial charge >= 0.3 is 0 Å². The van der Waals surface area contributed by atoms with Gasteiger partial charge in [0, 0.05) is 12.0 Å². The molecule has 0 radical (unpaired) electrons. The summed E-state index contributed by atoms with van der Waals surface area (Å²) < 4.78 is 5.18. The summed E-state index contributed by atoms with van der Waals surface area (Å²) in [5, 5.41) is 6.43. The van der Waals surface area contributed by atoms with E-state index >= 15 is 0 Å². The molecule has 4 heteroatoms. The van der Waals surface area contributed by atoms with Crippen molar-refractivity contribution in [3.63, 3.8) is 0 Å². The Balaban J connectivity index is 1.86. The number of hydrogen-bond donors (Lipinski definition) is 2. The molecule has 2 N–H and O–H groups in total. The SMILES string of the molecule is CCC1(C(=O)NCC2(C)COC2)CCCN1. The van der Waals surface area contributed by atoms with E-state index in [-0.39, 0.29) is 16.9 Å². The molecule has 2 saturated heterocycles. The van der Waals surface area contributed by atoms with Crippen LogP contribution in [0, 0.1) is 5.41 Å². The molecule has 0 aliphatic carbocycles. The van der Waals surface area contributed by atoms with Gasteiger partial charge in [-0.25, -0.2) is 0 Å². The fourth-order valence-electron chi connectivity index (χ4n) is 2.48. The highest BCUT2D eigenvalue weighted by atomic mass is 16.5. The third-order valence-electron chi connectivity index (χ3n) is 3.86. The summed E-state index contributed by atoms with van der Waals surface area (Å²) in [6.07, 6.45) is 2.93. The Morgan fingerprint density at radius 1 is 1.50 bits per heavy atom. The average molecular weight is 226 g/mol. The van der Waals surface area contributed by atoms with E-state index in [1.54, 1.807) is 0 Å². The quantitative estimate of drug-likeness (QED) is 0.741. The molecule has 2 aliphatic rings. The van der Waals surface area contributed by atoms with E-state index in [9.17, 15) is 4.79 Å². The average Bonchev–Trinajstić information content (AvgIpc) is 2.73. The molecule has 2 rings (SSSR count). The summed E-state index contributed by atoms with van der Waals surface area (Å²) >= 11 is 0. The Kier molecular flexibility index (Phi) is 3.22. The Labute approximate surface area is 97.1 Å². The summed E-state index contributed by atoms with van der Waals surface area (Å²) in [5.74, 6) is 0.167. The maximum atomic E-state index is 12.2. The molecule has 0 spiro atoms. The normalized spacial score (nSPS) is 32.1. The Hall–Kier alpha value is -0.610. The number of hydrogen-bond acceptors (Lipinski definition) is 3. The molecule has 1 unspecified atom stereocenters. The maximum Gasteiger partial charge on any atom is 0.240 e. The van der Waals surface area contributed by atoms with Gasteiger partial charge in [0.05, 0.1) is 18.8 Å². The number of ether oxygens (including phenoxy) is 1. The highest BCUT2D eigenvalue weighted by Crippen LogP contribution is 2.27. The predicted octanol–water partition coefficient (Wildman–Crippen LogP) is 0.671. The largest absolute Gasteiger partial charge is 0.380 e. The fourth-order valence-corrected chi connectivity index (χ4v) is 2.48. The van der Waals surface area contributed by atoms with Crippen molar-refractivity contribution >= 4 is 5.91 Å². The first kappa shape index (κ1) is 11.9. The van der Waals surface area contributed by atoms with Crippen LogP contribution in [0.3, 0.4) is 0 Å². The van der Waals surface area contributed by atoms with Gasteiger partial charge in [0.25, 0.3) is 0 Å². The summed E-state index contributed by atoms with van der Waals surface area (Å²) in [6, 6.07) is 0. The molecular formula is C12H22N2O2. The van der Waals surface area contributed by atoms with Crippen LogP contribution in [-0.4, -0.2) is 37.7 Å². The first-order valence-electron chi connectivity index (χ1n) is 6.21. The fraction of sp³-hybridized carbons (Fsp3) is 0.917. The van der Waals surface area contributed by atoms with Crippen LogP contribution in [0.5, 0.6) is 0 Å². The number of rotatable bonds is 4. The second-order valence-corrected chi connectivity index (χ2v) is 5.45. The van der Waals surface area contributed by atoms with Gasteiger partial charge in [0.1, 0.15) is 0 Å². The van der Waals surface area contributed by atoms with Crippen LogP contribution in [0.4, 0.5) is 0 Å². The molecule has 92 valence electrons. The molecule has 1 atom stereocenters. The van der Waals surface area contributed by atoms with Crippen LogP contribution >= 0.6 is 0 Å². The molecule has 0 bridgehead atoms. The molecule has 0 aromatic rings.